The average Bonchev–Trinajstić information content (AvgIpc) is 3.33. The number of fused-ring (bicyclic) bond motifs is 3. The van der Waals surface area contributed by atoms with Crippen molar-refractivity contribution in [1.82, 2.24) is 0 Å². The summed E-state index contributed by atoms with van der Waals surface area (Å²) < 4.78 is 38.5. The minimum absolute atomic E-state index is 0.0890. The Hall–Kier alpha value is -1.31. The third-order valence-corrected chi connectivity index (χ3v) is 18.2. The fourth-order valence-electron chi connectivity index (χ4n) is 7.71. The first kappa shape index (κ1) is 38.5. The van der Waals surface area contributed by atoms with E-state index in [1.165, 1.54) is 0 Å². The monoisotopic (exact) mass is 688 g/mol. The first-order valence-electron chi connectivity index (χ1n) is 17.6. The summed E-state index contributed by atoms with van der Waals surface area (Å²) in [6.07, 6.45) is 9.80. The molecule has 47 heavy (non-hydrogen) atoms. The number of methoxy groups -OCH3 is 1. The zero-order chi connectivity index (χ0) is 34.8. The third-order valence-electron chi connectivity index (χ3n) is 11.9. The molecule has 0 radical (unpaired) electrons. The maximum absolute atomic E-state index is 11.9. The van der Waals surface area contributed by atoms with Crippen LogP contribution < -0.4 is 0 Å². The molecular weight excluding hydrogens is 625 g/mol. The molecule has 3 aliphatic rings. The first-order chi connectivity index (χ1) is 21.9. The lowest BCUT2D eigenvalue weighted by molar-refractivity contribution is -0.233. The van der Waals surface area contributed by atoms with E-state index in [-0.39, 0.29) is 41.3 Å². The Balaban J connectivity index is 1.67. The molecule has 0 aromatic heterocycles. The predicted molar refractivity (Wildman–Crippen MR) is 194 cm³/mol. The Labute approximate surface area is 287 Å². The van der Waals surface area contributed by atoms with Crippen molar-refractivity contribution in [1.29, 1.82) is 0 Å². The van der Waals surface area contributed by atoms with Crippen LogP contribution in [-0.4, -0.2) is 78.6 Å². The van der Waals surface area contributed by atoms with Crippen molar-refractivity contribution in [2.45, 2.75) is 128 Å². The quantitative estimate of drug-likeness (QED) is 0.0616. The second kappa shape index (κ2) is 14.5. The fourth-order valence-corrected chi connectivity index (χ4v) is 9.50. The standard InChI is InChI=1S/C38H64O7Si2/c1-34(2,3)47(10,11)45-23-18-32(39)36(43-27-30-15-13-12-14-16-30)20-21-38(44-28-36)33(42-29-40-6)31-17-19-37(38,35(31,4)5)22-24-41-25-26-46(7,8)9/h12-16,20-22,24,31-33,39H,17-19,23,25-29H2,1-11H3/b24-22-/t31-,32-,33-,36+,37+,38-/m1/s1. The Kier molecular flexibility index (Phi) is 11.9. The van der Waals surface area contributed by atoms with Gasteiger partial charge in [0.15, 0.2) is 8.32 Å². The summed E-state index contributed by atoms with van der Waals surface area (Å²) in [4.78, 5) is 0. The molecule has 2 saturated carbocycles. The molecule has 1 N–H and O–H groups in total. The van der Waals surface area contributed by atoms with Crippen LogP contribution in [0.3, 0.4) is 0 Å². The van der Waals surface area contributed by atoms with Crippen LogP contribution in [-0.2, 0) is 34.7 Å². The molecule has 2 aliphatic carbocycles. The molecule has 2 fully saturated rings. The largest absolute Gasteiger partial charge is 0.502 e. The maximum atomic E-state index is 11.9. The van der Waals surface area contributed by atoms with Crippen LogP contribution in [0.4, 0.5) is 0 Å². The van der Waals surface area contributed by atoms with Crippen LogP contribution in [0.1, 0.15) is 59.4 Å². The van der Waals surface area contributed by atoms with Crippen LogP contribution in [0, 0.1) is 16.7 Å². The predicted octanol–water partition coefficient (Wildman–Crippen LogP) is 8.33. The molecule has 1 aromatic rings. The summed E-state index contributed by atoms with van der Waals surface area (Å²) in [6.45, 7) is 24.9. The molecule has 1 heterocycles. The summed E-state index contributed by atoms with van der Waals surface area (Å²) in [5.41, 5.74) is -1.28. The van der Waals surface area contributed by atoms with Crippen LogP contribution in [0.2, 0.25) is 43.8 Å². The first-order valence-corrected chi connectivity index (χ1v) is 24.2. The Morgan fingerprint density at radius 3 is 2.34 bits per heavy atom. The van der Waals surface area contributed by atoms with Crippen LogP contribution >= 0.6 is 0 Å². The summed E-state index contributed by atoms with van der Waals surface area (Å²) in [5.74, 6) is 0.259. The maximum Gasteiger partial charge on any atom is 0.191 e. The van der Waals surface area contributed by atoms with Gasteiger partial charge in [0.1, 0.15) is 18.0 Å². The molecule has 0 amide bonds. The molecule has 7 nitrogen and oxygen atoms in total. The highest BCUT2D eigenvalue weighted by Crippen LogP contribution is 2.73. The minimum Gasteiger partial charge on any atom is -0.502 e. The normalized spacial score (nSPS) is 31.2. The van der Waals surface area contributed by atoms with Crippen LogP contribution in [0.15, 0.2) is 54.8 Å². The van der Waals surface area contributed by atoms with Gasteiger partial charge in [-0.1, -0.05) is 90.7 Å². The highest BCUT2D eigenvalue weighted by molar-refractivity contribution is 6.76. The third kappa shape index (κ3) is 7.72. The van der Waals surface area contributed by atoms with Gasteiger partial charge < -0.3 is 33.2 Å². The molecule has 1 aromatic carbocycles. The molecule has 9 heteroatoms. The zero-order valence-electron chi connectivity index (χ0n) is 31.2. The summed E-state index contributed by atoms with van der Waals surface area (Å²) in [6, 6.07) is 11.2. The fraction of sp³-hybridized carbons (Fsp3) is 0.737. The van der Waals surface area contributed by atoms with Gasteiger partial charge in [-0.25, -0.2) is 0 Å². The van der Waals surface area contributed by atoms with E-state index in [2.05, 4.69) is 85.6 Å². The van der Waals surface area contributed by atoms with Crippen LogP contribution in [0.5, 0.6) is 0 Å². The van der Waals surface area contributed by atoms with E-state index in [0.717, 1.165) is 31.1 Å². The average molecular weight is 689 g/mol. The van der Waals surface area contributed by atoms with E-state index in [0.29, 0.717) is 19.6 Å². The summed E-state index contributed by atoms with van der Waals surface area (Å²) in [5, 5.41) is 12.0. The van der Waals surface area contributed by atoms with Gasteiger partial charge in [-0.2, -0.15) is 0 Å². The second-order valence-electron chi connectivity index (χ2n) is 17.4. The molecule has 1 spiro atoms. The van der Waals surface area contributed by atoms with Crippen molar-refractivity contribution in [2.75, 3.05) is 33.7 Å². The van der Waals surface area contributed by atoms with Crippen molar-refractivity contribution < 1.29 is 33.2 Å². The van der Waals surface area contributed by atoms with Gasteiger partial charge >= 0.3 is 0 Å². The molecule has 0 saturated heterocycles. The lowest BCUT2D eigenvalue weighted by Gasteiger charge is -2.53. The van der Waals surface area contributed by atoms with Gasteiger partial charge in [0.05, 0.1) is 38.3 Å². The molecule has 266 valence electrons. The van der Waals surface area contributed by atoms with Gasteiger partial charge in [-0.3, -0.25) is 0 Å². The summed E-state index contributed by atoms with van der Waals surface area (Å²) >= 11 is 0. The number of hydrogen-bond donors (Lipinski definition) is 1. The lowest BCUT2D eigenvalue weighted by atomic mass is 9.61. The highest BCUT2D eigenvalue weighted by Gasteiger charge is 2.76. The zero-order valence-corrected chi connectivity index (χ0v) is 33.2. The molecule has 1 aliphatic heterocycles. The van der Waals surface area contributed by atoms with E-state index >= 15 is 0 Å². The van der Waals surface area contributed by atoms with Crippen molar-refractivity contribution in [2.24, 2.45) is 16.7 Å². The molecule has 6 atom stereocenters. The minimum atomic E-state index is -1.98. The second-order valence-corrected chi connectivity index (χ2v) is 27.8. The number of ether oxygens (including phenoxy) is 5. The van der Waals surface area contributed by atoms with Gasteiger partial charge in [0, 0.05) is 27.2 Å². The van der Waals surface area contributed by atoms with E-state index in [9.17, 15) is 5.11 Å². The Morgan fingerprint density at radius 1 is 1.04 bits per heavy atom. The van der Waals surface area contributed by atoms with E-state index in [4.69, 9.17) is 28.1 Å². The van der Waals surface area contributed by atoms with E-state index in [1.54, 1.807) is 7.11 Å². The van der Waals surface area contributed by atoms with Crippen molar-refractivity contribution >= 4 is 16.4 Å². The Bertz CT molecular complexity index is 1220. The van der Waals surface area contributed by atoms with Crippen molar-refractivity contribution in [3.8, 4) is 0 Å². The molecular formula is C38H64O7Si2. The summed E-state index contributed by atoms with van der Waals surface area (Å²) in [7, 11) is -1.53. The highest BCUT2D eigenvalue weighted by atomic mass is 28.4. The van der Waals surface area contributed by atoms with Gasteiger partial charge in [0.25, 0.3) is 0 Å². The topological polar surface area (TPSA) is 75.6 Å². The SMILES string of the molecule is COCO[C@@H]1[C@H]2CC[C@](/C=C\OCC[Si](C)(C)C)(C2(C)C)[C@@]12C=C[C@@](OCc1ccccc1)([C@H](O)CCO[Si](C)(C)C(C)(C)C)CO2. The van der Waals surface area contributed by atoms with E-state index in [1.807, 2.05) is 36.6 Å². The van der Waals surface area contributed by atoms with Crippen molar-refractivity contribution in [3.63, 3.8) is 0 Å². The number of aliphatic hydroxyl groups excluding tert-OH is 1. The number of hydrogen-bond acceptors (Lipinski definition) is 7. The molecule has 2 bridgehead atoms. The van der Waals surface area contributed by atoms with Gasteiger partial charge in [0.2, 0.25) is 0 Å². The molecule has 0 unspecified atom stereocenters. The van der Waals surface area contributed by atoms with E-state index < -0.39 is 33.7 Å². The number of rotatable bonds is 16. The van der Waals surface area contributed by atoms with Crippen molar-refractivity contribution in [3.05, 3.63) is 60.4 Å². The van der Waals surface area contributed by atoms with Crippen LogP contribution in [0.25, 0.3) is 0 Å². The number of benzene rings is 1. The smallest absolute Gasteiger partial charge is 0.191 e. The van der Waals surface area contributed by atoms with Gasteiger partial charge in [-0.05, 0) is 72.5 Å². The Morgan fingerprint density at radius 2 is 1.74 bits per heavy atom. The van der Waals surface area contributed by atoms with Gasteiger partial charge in [-0.15, -0.1) is 0 Å². The number of aliphatic hydroxyl groups is 1. The lowest BCUT2D eigenvalue weighted by Crippen LogP contribution is -2.62. The molecule has 4 rings (SSSR count).